The summed E-state index contributed by atoms with van der Waals surface area (Å²) >= 11 is 4.99. The lowest BCUT2D eigenvalue weighted by Gasteiger charge is -2.29. The quantitative estimate of drug-likeness (QED) is 0.792. The number of halogens is 1. The Hall–Kier alpha value is -0.350. The third kappa shape index (κ3) is 2.37. The summed E-state index contributed by atoms with van der Waals surface area (Å²) in [4.78, 5) is 15.6. The molecule has 0 radical (unpaired) electrons. The molecule has 2 aliphatic rings. The maximum absolute atomic E-state index is 12.5. The van der Waals surface area contributed by atoms with Gasteiger partial charge in [0.15, 0.2) is 0 Å². The normalized spacial score (nSPS) is 24.9. The predicted octanol–water partition coefficient (Wildman–Crippen LogP) is 4.31. The Kier molecular flexibility index (Phi) is 3.76. The second-order valence-corrected chi connectivity index (χ2v) is 7.82. The summed E-state index contributed by atoms with van der Waals surface area (Å²) in [6.07, 6.45) is 7.75. The highest BCUT2D eigenvalue weighted by Crippen LogP contribution is 2.36. The van der Waals surface area contributed by atoms with Crippen molar-refractivity contribution in [3.8, 4) is 0 Å². The van der Waals surface area contributed by atoms with Gasteiger partial charge in [-0.15, -0.1) is 11.3 Å². The molecule has 2 nitrogen and oxygen atoms in total. The summed E-state index contributed by atoms with van der Waals surface area (Å²) in [6, 6.07) is 4.43. The monoisotopic (exact) mass is 327 g/mol. The van der Waals surface area contributed by atoms with Crippen LogP contribution < -0.4 is 0 Å². The number of hydrogen-bond donors (Lipinski definition) is 0. The summed E-state index contributed by atoms with van der Waals surface area (Å²) in [7, 11) is 0. The first-order chi connectivity index (χ1) is 8.75. The summed E-state index contributed by atoms with van der Waals surface area (Å²) in [5.74, 6) is 1.01. The number of carbonyl (C=O) groups excluding carboxylic acids is 1. The fourth-order valence-electron chi connectivity index (χ4n) is 3.45. The van der Waals surface area contributed by atoms with Crippen molar-refractivity contribution in [2.24, 2.45) is 5.92 Å². The number of amides is 1. The molecule has 1 unspecified atom stereocenters. The number of thiophene rings is 1. The molecule has 98 valence electrons. The van der Waals surface area contributed by atoms with Gasteiger partial charge in [0.2, 0.25) is 0 Å². The number of hydrogen-bond acceptors (Lipinski definition) is 2. The van der Waals surface area contributed by atoms with Gasteiger partial charge in [-0.2, -0.15) is 0 Å². The molecule has 2 heterocycles. The van der Waals surface area contributed by atoms with Crippen molar-refractivity contribution in [1.29, 1.82) is 0 Å². The Bertz CT molecular complexity index is 439. The van der Waals surface area contributed by atoms with E-state index in [0.717, 1.165) is 21.1 Å². The average Bonchev–Trinajstić information content (AvgIpc) is 3.08. The van der Waals surface area contributed by atoms with E-state index in [1.54, 1.807) is 11.3 Å². The fraction of sp³-hybridized carbons (Fsp3) is 0.643. The standard InChI is InChI=1S/C14H18BrNOS/c15-13-8-7-12(18-13)14(17)16-9-3-6-11(16)10-4-1-2-5-10/h7-8,10-11H,1-6,9H2. The van der Waals surface area contributed by atoms with Crippen LogP contribution in [0.25, 0.3) is 0 Å². The molecule has 4 heteroatoms. The smallest absolute Gasteiger partial charge is 0.264 e. The molecule has 1 amide bonds. The summed E-state index contributed by atoms with van der Waals surface area (Å²) in [6.45, 7) is 0.954. The number of rotatable bonds is 2. The lowest BCUT2D eigenvalue weighted by Crippen LogP contribution is -2.39. The maximum atomic E-state index is 12.5. The minimum absolute atomic E-state index is 0.250. The van der Waals surface area contributed by atoms with Gasteiger partial charge in [0.05, 0.1) is 8.66 Å². The van der Waals surface area contributed by atoms with Crippen LogP contribution in [0.15, 0.2) is 15.9 Å². The van der Waals surface area contributed by atoms with Crippen molar-refractivity contribution in [1.82, 2.24) is 4.90 Å². The van der Waals surface area contributed by atoms with Gasteiger partial charge in [-0.3, -0.25) is 4.79 Å². The highest BCUT2D eigenvalue weighted by atomic mass is 79.9. The van der Waals surface area contributed by atoms with Gasteiger partial charge in [0.25, 0.3) is 5.91 Å². The van der Waals surface area contributed by atoms with E-state index in [-0.39, 0.29) is 5.91 Å². The summed E-state index contributed by atoms with van der Waals surface area (Å²) in [5.41, 5.74) is 0. The first kappa shape index (κ1) is 12.7. The van der Waals surface area contributed by atoms with Gasteiger partial charge in [-0.25, -0.2) is 0 Å². The van der Waals surface area contributed by atoms with Crippen LogP contribution in [0, 0.1) is 5.92 Å². The van der Waals surface area contributed by atoms with E-state index in [1.807, 2.05) is 12.1 Å². The molecule has 3 rings (SSSR count). The summed E-state index contributed by atoms with van der Waals surface area (Å²) < 4.78 is 1.04. The van der Waals surface area contributed by atoms with Crippen molar-refractivity contribution in [2.75, 3.05) is 6.54 Å². The van der Waals surface area contributed by atoms with Gasteiger partial charge < -0.3 is 4.90 Å². The third-order valence-electron chi connectivity index (χ3n) is 4.29. The van der Waals surface area contributed by atoms with E-state index in [2.05, 4.69) is 20.8 Å². The second kappa shape index (κ2) is 5.33. The van der Waals surface area contributed by atoms with Crippen LogP contribution in [0.5, 0.6) is 0 Å². The largest absolute Gasteiger partial charge is 0.335 e. The third-order valence-corrected chi connectivity index (χ3v) is 5.90. The van der Waals surface area contributed by atoms with Crippen LogP contribution in [0.4, 0.5) is 0 Å². The SMILES string of the molecule is O=C(c1ccc(Br)s1)N1CCCC1C1CCCC1. The Morgan fingerprint density at radius 3 is 2.67 bits per heavy atom. The molecular formula is C14H18BrNOS. The maximum Gasteiger partial charge on any atom is 0.264 e. The molecule has 1 aromatic heterocycles. The van der Waals surface area contributed by atoms with Crippen molar-refractivity contribution >= 4 is 33.2 Å². The molecule has 2 fully saturated rings. The van der Waals surface area contributed by atoms with Gasteiger partial charge in [-0.05, 0) is 59.7 Å². The zero-order valence-corrected chi connectivity index (χ0v) is 12.8. The van der Waals surface area contributed by atoms with Crippen molar-refractivity contribution < 1.29 is 4.79 Å². The van der Waals surface area contributed by atoms with Gasteiger partial charge >= 0.3 is 0 Å². The van der Waals surface area contributed by atoms with Crippen LogP contribution in [0.1, 0.15) is 48.2 Å². The topological polar surface area (TPSA) is 20.3 Å². The van der Waals surface area contributed by atoms with E-state index < -0.39 is 0 Å². The number of carbonyl (C=O) groups is 1. The molecule has 0 spiro atoms. The molecule has 1 aliphatic carbocycles. The first-order valence-electron chi connectivity index (χ1n) is 6.82. The molecular weight excluding hydrogens is 310 g/mol. The molecule has 1 saturated heterocycles. The second-order valence-electron chi connectivity index (χ2n) is 5.36. The van der Waals surface area contributed by atoms with Crippen molar-refractivity contribution in [3.63, 3.8) is 0 Å². The molecule has 1 saturated carbocycles. The predicted molar refractivity (Wildman–Crippen MR) is 78.0 cm³/mol. The summed E-state index contributed by atoms with van der Waals surface area (Å²) in [5, 5.41) is 0. The molecule has 0 aromatic carbocycles. The number of nitrogens with zero attached hydrogens (tertiary/aromatic N) is 1. The minimum Gasteiger partial charge on any atom is -0.335 e. The Morgan fingerprint density at radius 1 is 1.22 bits per heavy atom. The van der Waals surface area contributed by atoms with E-state index in [0.29, 0.717) is 6.04 Å². The van der Waals surface area contributed by atoms with Crippen LogP contribution in [0.2, 0.25) is 0 Å². The highest BCUT2D eigenvalue weighted by molar-refractivity contribution is 9.11. The molecule has 0 bridgehead atoms. The zero-order valence-electron chi connectivity index (χ0n) is 10.4. The van der Waals surface area contributed by atoms with Crippen molar-refractivity contribution in [2.45, 2.75) is 44.6 Å². The van der Waals surface area contributed by atoms with Crippen LogP contribution in [-0.4, -0.2) is 23.4 Å². The fourth-order valence-corrected chi connectivity index (χ4v) is 4.79. The van der Waals surface area contributed by atoms with Gasteiger partial charge in [-0.1, -0.05) is 12.8 Å². The minimum atomic E-state index is 0.250. The van der Waals surface area contributed by atoms with E-state index in [9.17, 15) is 4.79 Å². The zero-order chi connectivity index (χ0) is 12.5. The van der Waals surface area contributed by atoms with E-state index in [1.165, 1.54) is 38.5 Å². The van der Waals surface area contributed by atoms with Gasteiger partial charge in [0.1, 0.15) is 0 Å². The van der Waals surface area contributed by atoms with Crippen LogP contribution in [0.3, 0.4) is 0 Å². The molecule has 1 aliphatic heterocycles. The van der Waals surface area contributed by atoms with E-state index >= 15 is 0 Å². The Balaban J connectivity index is 1.75. The lowest BCUT2D eigenvalue weighted by atomic mass is 9.96. The Morgan fingerprint density at radius 2 is 2.00 bits per heavy atom. The number of likely N-dealkylation sites (tertiary alicyclic amines) is 1. The molecule has 0 N–H and O–H groups in total. The molecule has 18 heavy (non-hydrogen) atoms. The van der Waals surface area contributed by atoms with E-state index in [4.69, 9.17) is 0 Å². The highest BCUT2D eigenvalue weighted by Gasteiger charge is 2.36. The first-order valence-corrected chi connectivity index (χ1v) is 8.43. The lowest BCUT2D eigenvalue weighted by molar-refractivity contribution is 0.0694. The van der Waals surface area contributed by atoms with Gasteiger partial charge in [0, 0.05) is 12.6 Å². The Labute approximate surface area is 120 Å². The van der Waals surface area contributed by atoms with Crippen LogP contribution in [-0.2, 0) is 0 Å². The van der Waals surface area contributed by atoms with Crippen LogP contribution >= 0.6 is 27.3 Å². The molecule has 1 atom stereocenters. The molecule has 1 aromatic rings. The average molecular weight is 328 g/mol. The van der Waals surface area contributed by atoms with Crippen molar-refractivity contribution in [3.05, 3.63) is 20.8 Å².